The van der Waals surface area contributed by atoms with Crippen molar-refractivity contribution in [1.29, 1.82) is 0 Å². The number of hydrogen-bond donors (Lipinski definition) is 0. The van der Waals surface area contributed by atoms with Gasteiger partial charge in [0, 0.05) is 47.5 Å². The van der Waals surface area contributed by atoms with Gasteiger partial charge >= 0.3 is 0 Å². The molecule has 0 bridgehead atoms. The van der Waals surface area contributed by atoms with Crippen LogP contribution >= 0.6 is 11.3 Å². The number of benzene rings is 9. The summed E-state index contributed by atoms with van der Waals surface area (Å²) in [6.07, 6.45) is 0. The van der Waals surface area contributed by atoms with Gasteiger partial charge < -0.3 is 4.42 Å². The highest BCUT2D eigenvalue weighted by molar-refractivity contribution is 7.25. The number of furan rings is 1. The number of hydrogen-bond acceptors (Lipinski definition) is 5. The number of thiophene rings is 1. The molecule has 61 heavy (non-hydrogen) atoms. The summed E-state index contributed by atoms with van der Waals surface area (Å²) in [4.78, 5) is 15.5. The van der Waals surface area contributed by atoms with E-state index in [1.165, 1.54) is 36.5 Å². The average molecular weight is 797 g/mol. The molecule has 0 aliphatic carbocycles. The molecule has 0 N–H and O–H groups in total. The van der Waals surface area contributed by atoms with E-state index >= 15 is 0 Å². The van der Waals surface area contributed by atoms with Crippen molar-refractivity contribution in [2.75, 3.05) is 0 Å². The molecule has 284 valence electrons. The third-order valence-corrected chi connectivity index (χ3v) is 13.2. The second kappa shape index (κ2) is 13.3. The SMILES string of the molecule is c1ccc(-c2ccc(-c3nc(-c4ccccc4)nc(-n4c5ccccc5c5c6oc7cc(-c8ccc9sc%10ccccc%10c9c8)c8ccccc8c7c6ccc54)n3)cc2)cc1. The van der Waals surface area contributed by atoms with Crippen molar-refractivity contribution in [3.8, 4) is 51.0 Å². The van der Waals surface area contributed by atoms with Crippen LogP contribution in [0, 0.1) is 0 Å². The maximum atomic E-state index is 7.11. The van der Waals surface area contributed by atoms with Crippen molar-refractivity contribution in [2.45, 2.75) is 0 Å². The highest BCUT2D eigenvalue weighted by atomic mass is 32.1. The molecular formula is C55H32N4OS. The lowest BCUT2D eigenvalue weighted by Gasteiger charge is -2.11. The van der Waals surface area contributed by atoms with E-state index in [0.29, 0.717) is 17.6 Å². The standard InChI is InChI=1S/C55H32N4OS/c1-3-13-33(14-4-1)34-23-25-36(26-24-34)54-56-53(35-15-5-2-6-16-35)57-55(58-54)59-45-21-11-9-20-41(45)51-46(59)29-28-42-50-40-19-8-7-17-38(40)43(32-47(50)60-52(42)51)37-27-30-49-44(31-37)39-18-10-12-22-48(39)61-49/h1-32H. The fourth-order valence-corrected chi connectivity index (χ4v) is 10.3. The summed E-state index contributed by atoms with van der Waals surface area (Å²) < 4.78 is 11.9. The molecule has 0 amide bonds. The number of rotatable bonds is 5. The summed E-state index contributed by atoms with van der Waals surface area (Å²) in [5, 5.41) is 9.22. The zero-order valence-corrected chi connectivity index (χ0v) is 33.4. The molecule has 0 saturated carbocycles. The lowest BCUT2D eigenvalue weighted by molar-refractivity contribution is 0.673. The summed E-state index contributed by atoms with van der Waals surface area (Å²) in [5.41, 5.74) is 10.1. The largest absolute Gasteiger partial charge is 0.455 e. The second-order valence-electron chi connectivity index (χ2n) is 15.5. The number of fused-ring (bicyclic) bond motifs is 12. The van der Waals surface area contributed by atoms with E-state index in [2.05, 4.69) is 162 Å². The third-order valence-electron chi connectivity index (χ3n) is 12.1. The van der Waals surface area contributed by atoms with Crippen LogP contribution in [0.25, 0.3) is 126 Å². The smallest absolute Gasteiger partial charge is 0.238 e. The average Bonchev–Trinajstić information content (AvgIpc) is 4.01. The second-order valence-corrected chi connectivity index (χ2v) is 16.6. The summed E-state index contributed by atoms with van der Waals surface area (Å²) in [6, 6.07) is 68.4. The molecule has 0 aliphatic rings. The van der Waals surface area contributed by atoms with Gasteiger partial charge in [-0.3, -0.25) is 4.57 Å². The Morgan fingerprint density at radius 3 is 1.75 bits per heavy atom. The van der Waals surface area contributed by atoms with E-state index in [0.717, 1.165) is 71.6 Å². The van der Waals surface area contributed by atoms with E-state index < -0.39 is 0 Å². The molecule has 4 heterocycles. The quantitative estimate of drug-likeness (QED) is 0.174. The highest BCUT2D eigenvalue weighted by Crippen LogP contribution is 2.45. The molecule has 0 saturated heterocycles. The van der Waals surface area contributed by atoms with Crippen LogP contribution in [0.4, 0.5) is 0 Å². The van der Waals surface area contributed by atoms with Crippen LogP contribution in [0.3, 0.4) is 0 Å². The van der Waals surface area contributed by atoms with Gasteiger partial charge in [0.15, 0.2) is 11.6 Å². The zero-order chi connectivity index (χ0) is 40.0. The Balaban J connectivity index is 1.04. The van der Waals surface area contributed by atoms with Crippen LogP contribution in [0.1, 0.15) is 0 Å². The van der Waals surface area contributed by atoms with Crippen LogP contribution in [0.5, 0.6) is 0 Å². The van der Waals surface area contributed by atoms with Crippen molar-refractivity contribution in [3.63, 3.8) is 0 Å². The van der Waals surface area contributed by atoms with E-state index in [4.69, 9.17) is 19.4 Å². The van der Waals surface area contributed by atoms with Gasteiger partial charge in [0.05, 0.1) is 16.4 Å². The summed E-state index contributed by atoms with van der Waals surface area (Å²) in [6.45, 7) is 0. The van der Waals surface area contributed by atoms with E-state index in [-0.39, 0.29) is 0 Å². The van der Waals surface area contributed by atoms with Crippen LogP contribution in [0.15, 0.2) is 199 Å². The van der Waals surface area contributed by atoms with Crippen molar-refractivity contribution in [1.82, 2.24) is 19.5 Å². The Bertz CT molecular complexity index is 3870. The van der Waals surface area contributed by atoms with Gasteiger partial charge in [-0.2, -0.15) is 9.97 Å². The summed E-state index contributed by atoms with van der Waals surface area (Å²) in [7, 11) is 0. The third kappa shape index (κ3) is 5.29. The fraction of sp³-hybridized carbons (Fsp3) is 0. The Labute approximate surface area is 353 Å². The molecule has 0 spiro atoms. The molecule has 0 aliphatic heterocycles. The van der Waals surface area contributed by atoms with Crippen LogP contribution < -0.4 is 0 Å². The number of aromatic nitrogens is 4. The Morgan fingerprint density at radius 1 is 0.377 bits per heavy atom. The van der Waals surface area contributed by atoms with Crippen LogP contribution in [-0.2, 0) is 0 Å². The lowest BCUT2D eigenvalue weighted by atomic mass is 9.94. The number of para-hydroxylation sites is 1. The minimum atomic E-state index is 0.543. The molecule has 13 aromatic rings. The van der Waals surface area contributed by atoms with Crippen LogP contribution in [0.2, 0.25) is 0 Å². The molecular weight excluding hydrogens is 765 g/mol. The lowest BCUT2D eigenvalue weighted by Crippen LogP contribution is -2.06. The first-order valence-corrected chi connectivity index (χ1v) is 21.2. The molecule has 4 aromatic heterocycles. The van der Waals surface area contributed by atoms with Gasteiger partial charge in [-0.25, -0.2) is 4.98 Å². The number of nitrogens with zero attached hydrogens (tertiary/aromatic N) is 4. The summed E-state index contributed by atoms with van der Waals surface area (Å²) >= 11 is 1.84. The molecule has 0 unspecified atom stereocenters. The predicted molar refractivity (Wildman–Crippen MR) is 254 cm³/mol. The molecule has 0 fully saturated rings. The van der Waals surface area contributed by atoms with Crippen molar-refractivity contribution in [2.24, 2.45) is 0 Å². The first kappa shape index (κ1) is 34.0. The normalized spacial score (nSPS) is 11.9. The predicted octanol–water partition coefficient (Wildman–Crippen LogP) is 15.1. The maximum Gasteiger partial charge on any atom is 0.238 e. The van der Waals surface area contributed by atoms with Gasteiger partial charge in [0.1, 0.15) is 11.2 Å². The van der Waals surface area contributed by atoms with Crippen molar-refractivity contribution >= 4 is 86.0 Å². The summed E-state index contributed by atoms with van der Waals surface area (Å²) in [5.74, 6) is 1.75. The topological polar surface area (TPSA) is 56.7 Å². The molecule has 0 radical (unpaired) electrons. The molecule has 9 aromatic carbocycles. The van der Waals surface area contributed by atoms with E-state index in [1.54, 1.807) is 0 Å². The van der Waals surface area contributed by atoms with E-state index in [9.17, 15) is 0 Å². The molecule has 6 heteroatoms. The monoisotopic (exact) mass is 796 g/mol. The Hall–Kier alpha value is -7.93. The maximum absolute atomic E-state index is 7.11. The Morgan fingerprint density at radius 2 is 0.967 bits per heavy atom. The molecule has 13 rings (SSSR count). The van der Waals surface area contributed by atoms with Gasteiger partial charge in [0.25, 0.3) is 0 Å². The van der Waals surface area contributed by atoms with Gasteiger partial charge in [-0.15, -0.1) is 11.3 Å². The zero-order valence-electron chi connectivity index (χ0n) is 32.6. The first-order chi connectivity index (χ1) is 30.2. The first-order valence-electron chi connectivity index (χ1n) is 20.4. The Kier molecular flexibility index (Phi) is 7.41. The van der Waals surface area contributed by atoms with Crippen molar-refractivity contribution in [3.05, 3.63) is 194 Å². The van der Waals surface area contributed by atoms with E-state index in [1.807, 2.05) is 47.7 Å². The minimum absolute atomic E-state index is 0.543. The highest BCUT2D eigenvalue weighted by Gasteiger charge is 2.23. The van der Waals surface area contributed by atoms with Gasteiger partial charge in [-0.1, -0.05) is 152 Å². The molecule has 0 atom stereocenters. The minimum Gasteiger partial charge on any atom is -0.455 e. The van der Waals surface area contributed by atoms with Gasteiger partial charge in [0.2, 0.25) is 5.95 Å². The van der Waals surface area contributed by atoms with Crippen molar-refractivity contribution < 1.29 is 4.42 Å². The van der Waals surface area contributed by atoms with Gasteiger partial charge in [-0.05, 0) is 75.5 Å². The van der Waals surface area contributed by atoms with Crippen LogP contribution in [-0.4, -0.2) is 19.5 Å². The fourth-order valence-electron chi connectivity index (χ4n) is 9.25. The molecule has 5 nitrogen and oxygen atoms in total.